The van der Waals surface area contributed by atoms with E-state index in [-0.39, 0.29) is 69.3 Å². The maximum Gasteiger partial charge on any atom is 0.338 e. The van der Waals surface area contributed by atoms with E-state index in [0.29, 0.717) is 60.2 Å². The molecule has 0 saturated heterocycles. The quantitative estimate of drug-likeness (QED) is 0.102. The van der Waals surface area contributed by atoms with Crippen LogP contribution in [0.1, 0.15) is 125 Å². The number of nitrogens with zero attached hydrogens (tertiary/aromatic N) is 8. The van der Waals surface area contributed by atoms with Crippen LogP contribution in [0.4, 0.5) is 17.6 Å². The highest BCUT2D eigenvalue weighted by atomic mass is 32.2. The van der Waals surface area contributed by atoms with Gasteiger partial charge in [-0.2, -0.15) is 35.2 Å². The minimum absolute atomic E-state index is 0.00738. The average Bonchev–Trinajstić information content (AvgIpc) is 4.05. The van der Waals surface area contributed by atoms with Crippen LogP contribution in [-0.4, -0.2) is 83.5 Å². The summed E-state index contributed by atoms with van der Waals surface area (Å²) in [4.78, 5) is 31.3. The molecular formula is C44H52F4N8O7S2. The van der Waals surface area contributed by atoms with Gasteiger partial charge in [0, 0.05) is 49.6 Å². The van der Waals surface area contributed by atoms with Crippen LogP contribution in [0.2, 0.25) is 0 Å². The first-order chi connectivity index (χ1) is 30.2. The second kappa shape index (κ2) is 17.1. The molecule has 21 heteroatoms. The Bertz CT molecular complexity index is 2980. The van der Waals surface area contributed by atoms with E-state index in [2.05, 4.69) is 10.2 Å². The third-order valence-electron chi connectivity index (χ3n) is 11.9. The number of alkyl halides is 4. The van der Waals surface area contributed by atoms with E-state index >= 15 is 0 Å². The number of benzene rings is 2. The van der Waals surface area contributed by atoms with Crippen molar-refractivity contribution in [1.82, 2.24) is 37.5 Å². The van der Waals surface area contributed by atoms with E-state index in [1.807, 2.05) is 50.7 Å². The molecule has 2 aliphatic rings. The first-order valence-corrected chi connectivity index (χ1v) is 24.1. The Morgan fingerprint density at radius 2 is 1.09 bits per heavy atom. The van der Waals surface area contributed by atoms with E-state index in [4.69, 9.17) is 15.1 Å². The highest BCUT2D eigenvalue weighted by molar-refractivity contribution is 7.90. The van der Waals surface area contributed by atoms with E-state index in [1.165, 1.54) is 30.5 Å². The fourth-order valence-electron chi connectivity index (χ4n) is 8.41. The Morgan fingerprint density at radius 1 is 0.692 bits per heavy atom. The third kappa shape index (κ3) is 10.0. The number of carboxylic acid groups (broad SMARTS) is 1. The summed E-state index contributed by atoms with van der Waals surface area (Å²) in [5.74, 6) is -4.73. The Morgan fingerprint density at radius 3 is 1.45 bits per heavy atom. The summed E-state index contributed by atoms with van der Waals surface area (Å²) >= 11 is 0. The van der Waals surface area contributed by atoms with Crippen molar-refractivity contribution in [2.45, 2.75) is 138 Å². The molecule has 0 bridgehead atoms. The predicted octanol–water partition coefficient (Wildman–Crippen LogP) is 8.70. The van der Waals surface area contributed by atoms with Crippen molar-refractivity contribution in [3.8, 4) is 0 Å². The number of rotatable bonds is 10. The standard InChI is InChI=1S/C22H26F2N4O4S.C22H26F2N4O3S/c1-21(2,3)20-26-17-10-16(33(31,32)28-13-15(11-25-28)19(29)30)4-5-18(17)27(20)12-14-6-8-22(23,24)9-7-14;1-21(2,3)20-26-18-10-17(32(30,31)28-13-16(14-29)11-25-28)4-5-19(18)27(20)12-15-6-8-22(23,24)9-7-15/h4-5,10-11,13-14H,6-9,12H2,1-3H3,(H,29,30);4-5,10-11,13-15H,6-9,12H2,1-3H3. The zero-order valence-electron chi connectivity index (χ0n) is 36.9. The van der Waals surface area contributed by atoms with E-state index in [1.54, 1.807) is 12.1 Å². The van der Waals surface area contributed by atoms with Crippen LogP contribution < -0.4 is 0 Å². The third-order valence-corrected chi connectivity index (χ3v) is 15.0. The minimum atomic E-state index is -4.11. The largest absolute Gasteiger partial charge is 0.478 e. The van der Waals surface area contributed by atoms with E-state index in [0.717, 1.165) is 45.4 Å². The molecule has 6 aromatic rings. The lowest BCUT2D eigenvalue weighted by Gasteiger charge is -2.30. The molecule has 4 heterocycles. The van der Waals surface area contributed by atoms with Crippen molar-refractivity contribution >= 4 is 54.4 Å². The number of hydrogen-bond acceptors (Lipinski definition) is 10. The molecule has 2 aliphatic carbocycles. The van der Waals surface area contributed by atoms with Crippen molar-refractivity contribution < 1.29 is 49.1 Å². The molecule has 4 aromatic heterocycles. The fraction of sp³-hybridized carbons (Fsp3) is 0.500. The lowest BCUT2D eigenvalue weighted by molar-refractivity contribution is -0.0478. The molecule has 0 unspecified atom stereocenters. The number of fused-ring (bicyclic) bond motifs is 2. The van der Waals surface area contributed by atoms with Crippen LogP contribution in [-0.2, 0) is 44.0 Å². The number of carbonyl (C=O) groups excluding carboxylic acids is 1. The summed E-state index contributed by atoms with van der Waals surface area (Å²) in [5.41, 5.74) is 1.71. The summed E-state index contributed by atoms with van der Waals surface area (Å²) in [5, 5.41) is 16.5. The molecule has 2 aromatic carbocycles. The molecule has 0 radical (unpaired) electrons. The number of imidazole rings is 2. The lowest BCUT2D eigenvalue weighted by atomic mass is 9.86. The Labute approximate surface area is 374 Å². The molecule has 2 saturated carbocycles. The van der Waals surface area contributed by atoms with Crippen LogP contribution in [0, 0.1) is 11.8 Å². The van der Waals surface area contributed by atoms with E-state index < -0.39 is 37.9 Å². The van der Waals surface area contributed by atoms with Gasteiger partial charge in [-0.05, 0) is 73.9 Å². The van der Waals surface area contributed by atoms with Crippen LogP contribution >= 0.6 is 0 Å². The summed E-state index contributed by atoms with van der Waals surface area (Å²) < 4.78 is 112. The van der Waals surface area contributed by atoms with Gasteiger partial charge in [0.25, 0.3) is 20.0 Å². The number of carbonyl (C=O) groups is 2. The van der Waals surface area contributed by atoms with Gasteiger partial charge >= 0.3 is 5.97 Å². The minimum Gasteiger partial charge on any atom is -0.478 e. The molecule has 2 fully saturated rings. The SMILES string of the molecule is CC(C)(C)c1nc2cc(S(=O)(=O)n3cc(C(=O)O)cn3)ccc2n1CC1CCC(F)(F)CC1.CC(C)(C)c1nc2cc(S(=O)(=O)n3cc(C=O)cn3)ccc2n1CC1CCC(F)(F)CC1. The van der Waals surface area contributed by atoms with Crippen molar-refractivity contribution in [3.63, 3.8) is 0 Å². The normalized spacial score (nSPS) is 17.6. The second-order valence-electron chi connectivity index (χ2n) is 19.2. The van der Waals surface area contributed by atoms with Gasteiger partial charge in [0.15, 0.2) is 6.29 Å². The molecule has 65 heavy (non-hydrogen) atoms. The van der Waals surface area contributed by atoms with Crippen molar-refractivity contribution in [2.24, 2.45) is 11.8 Å². The zero-order valence-corrected chi connectivity index (χ0v) is 38.5. The first kappa shape index (κ1) is 47.5. The van der Waals surface area contributed by atoms with Crippen molar-refractivity contribution in [1.29, 1.82) is 0 Å². The molecule has 0 atom stereocenters. The average molecular weight is 945 g/mol. The highest BCUT2D eigenvalue weighted by Gasteiger charge is 2.37. The van der Waals surface area contributed by atoms with Crippen LogP contribution in [0.3, 0.4) is 0 Å². The summed E-state index contributed by atoms with van der Waals surface area (Å²) in [6.45, 7) is 13.1. The Balaban J connectivity index is 0.000000194. The predicted molar refractivity (Wildman–Crippen MR) is 233 cm³/mol. The number of aromatic carboxylic acids is 1. The maximum atomic E-state index is 13.6. The van der Waals surface area contributed by atoms with Gasteiger partial charge in [-0.3, -0.25) is 4.79 Å². The monoisotopic (exact) mass is 944 g/mol. The van der Waals surface area contributed by atoms with Crippen LogP contribution in [0.5, 0.6) is 0 Å². The smallest absolute Gasteiger partial charge is 0.338 e. The number of aromatic nitrogens is 8. The van der Waals surface area contributed by atoms with E-state index in [9.17, 15) is 44.0 Å². The maximum absolute atomic E-state index is 13.6. The second-order valence-corrected chi connectivity index (χ2v) is 22.8. The van der Waals surface area contributed by atoms with Gasteiger partial charge in [0.05, 0.1) is 67.8 Å². The molecule has 0 amide bonds. The molecule has 15 nitrogen and oxygen atoms in total. The number of halogens is 4. The number of hydrogen-bond donors (Lipinski definition) is 1. The molecule has 0 spiro atoms. The summed E-state index contributed by atoms with van der Waals surface area (Å²) in [6, 6.07) is 9.20. The van der Waals surface area contributed by atoms with Crippen LogP contribution in [0.15, 0.2) is 71.0 Å². The van der Waals surface area contributed by atoms with Crippen LogP contribution in [0.25, 0.3) is 22.1 Å². The van der Waals surface area contributed by atoms with Gasteiger partial charge in [-0.25, -0.2) is 32.3 Å². The fourth-order valence-corrected chi connectivity index (χ4v) is 10.7. The molecule has 0 aliphatic heterocycles. The Kier molecular flexibility index (Phi) is 12.5. The number of aldehydes is 1. The molecule has 350 valence electrons. The molecule has 8 rings (SSSR count). The lowest BCUT2D eigenvalue weighted by Crippen LogP contribution is -2.28. The van der Waals surface area contributed by atoms with Gasteiger partial charge in [-0.1, -0.05) is 41.5 Å². The summed E-state index contributed by atoms with van der Waals surface area (Å²) in [7, 11) is -8.10. The molecule has 1 N–H and O–H groups in total. The van der Waals surface area contributed by atoms with Gasteiger partial charge in [0.2, 0.25) is 11.8 Å². The first-order valence-electron chi connectivity index (χ1n) is 21.2. The highest BCUT2D eigenvalue weighted by Crippen LogP contribution is 2.40. The van der Waals surface area contributed by atoms with Crippen molar-refractivity contribution in [3.05, 3.63) is 84.0 Å². The summed E-state index contributed by atoms with van der Waals surface area (Å²) in [6.07, 6.45) is 6.06. The number of carboxylic acids is 1. The van der Waals surface area contributed by atoms with Gasteiger partial charge in [-0.15, -0.1) is 0 Å². The molecular weight excluding hydrogens is 893 g/mol. The van der Waals surface area contributed by atoms with Gasteiger partial charge in [0.1, 0.15) is 11.6 Å². The van der Waals surface area contributed by atoms with Crippen molar-refractivity contribution in [2.75, 3.05) is 0 Å². The Hall–Kier alpha value is -5.44. The topological polar surface area (TPSA) is 194 Å². The zero-order chi connectivity index (χ0) is 47.5. The van der Waals surface area contributed by atoms with Gasteiger partial charge < -0.3 is 14.2 Å².